The van der Waals surface area contributed by atoms with E-state index in [1.54, 1.807) is 0 Å². The minimum atomic E-state index is 0. The van der Waals surface area contributed by atoms with Gasteiger partial charge in [0.25, 0.3) is 0 Å². The van der Waals surface area contributed by atoms with Crippen molar-refractivity contribution in [3.63, 3.8) is 0 Å². The van der Waals surface area contributed by atoms with E-state index in [1.807, 2.05) is 18.2 Å². The Morgan fingerprint density at radius 2 is 2.27 bits per heavy atom. The van der Waals surface area contributed by atoms with E-state index in [4.69, 9.17) is 0 Å². The van der Waals surface area contributed by atoms with Gasteiger partial charge in [0.2, 0.25) is 0 Å². The van der Waals surface area contributed by atoms with Gasteiger partial charge < -0.3 is 4.98 Å². The van der Waals surface area contributed by atoms with Gasteiger partial charge in [-0.15, -0.1) is 11.5 Å². The van der Waals surface area contributed by atoms with Crippen LogP contribution in [0.3, 0.4) is 0 Å². The van der Waals surface area contributed by atoms with Crippen LogP contribution in [0, 0.1) is 13.0 Å². The van der Waals surface area contributed by atoms with Crippen molar-refractivity contribution in [1.82, 2.24) is 4.98 Å². The fraction of sp³-hybridized carbons (Fsp3) is 0.111. The number of rotatable bonds is 0. The molecule has 1 nitrogen and oxygen atoms in total. The van der Waals surface area contributed by atoms with Crippen molar-refractivity contribution >= 4 is 10.9 Å². The van der Waals surface area contributed by atoms with Gasteiger partial charge in [-0.2, -0.15) is 18.2 Å². The van der Waals surface area contributed by atoms with Crippen molar-refractivity contribution in [1.29, 1.82) is 0 Å². The molecule has 1 N–H and O–H groups in total. The summed E-state index contributed by atoms with van der Waals surface area (Å²) in [6.07, 6.45) is 0. The van der Waals surface area contributed by atoms with Crippen LogP contribution in [-0.4, -0.2) is 4.98 Å². The zero-order valence-corrected chi connectivity index (χ0v) is 9.23. The Morgan fingerprint density at radius 3 is 3.00 bits per heavy atom. The van der Waals surface area contributed by atoms with E-state index < -0.39 is 0 Å². The van der Waals surface area contributed by atoms with Crippen LogP contribution >= 0.6 is 0 Å². The molecule has 1 aromatic carbocycles. The van der Waals surface area contributed by atoms with Gasteiger partial charge in [0.05, 0.1) is 0 Å². The second-order valence-corrected chi connectivity index (χ2v) is 2.47. The molecular weight excluding hydrogens is 211 g/mol. The minimum Gasteiger partial charge on any atom is -0.382 e. The summed E-state index contributed by atoms with van der Waals surface area (Å²) >= 11 is 0. The zero-order valence-electron chi connectivity index (χ0n) is 6.39. The number of aryl methyl sites for hydroxylation is 1. The van der Waals surface area contributed by atoms with Gasteiger partial charge >= 0.3 is 32.7 Å². The summed E-state index contributed by atoms with van der Waals surface area (Å²) in [5.74, 6) is 0. The predicted molar refractivity (Wildman–Crippen MR) is 41.9 cm³/mol. The van der Waals surface area contributed by atoms with E-state index in [9.17, 15) is 0 Å². The van der Waals surface area contributed by atoms with E-state index in [0.717, 1.165) is 0 Å². The maximum atomic E-state index is 3.24. The molecule has 2 aromatic rings. The second kappa shape index (κ2) is 3.51. The monoisotopic (exact) mass is 219 g/mol. The average molecular weight is 219 g/mol. The molecule has 0 aliphatic rings. The molecule has 11 heavy (non-hydrogen) atoms. The molecule has 1 heterocycles. The molecular formula is C9H8NY+2. The van der Waals surface area contributed by atoms with Crippen molar-refractivity contribution in [2.45, 2.75) is 6.92 Å². The van der Waals surface area contributed by atoms with Gasteiger partial charge in [-0.1, -0.05) is 11.6 Å². The van der Waals surface area contributed by atoms with Crippen molar-refractivity contribution in [3.8, 4) is 0 Å². The molecule has 0 fully saturated rings. The Bertz CT molecular complexity index is 318. The van der Waals surface area contributed by atoms with E-state index in [-0.39, 0.29) is 32.7 Å². The third kappa shape index (κ3) is 1.71. The largest absolute Gasteiger partial charge is 3.00 e. The first-order valence-corrected chi connectivity index (χ1v) is 3.32. The van der Waals surface area contributed by atoms with Gasteiger partial charge in [0.1, 0.15) is 0 Å². The number of H-pyrrole nitrogens is 1. The van der Waals surface area contributed by atoms with Crippen LogP contribution in [0.5, 0.6) is 0 Å². The normalized spacial score (nSPS) is 9.55. The fourth-order valence-electron chi connectivity index (χ4n) is 1.16. The maximum absolute atomic E-state index is 3.24. The van der Waals surface area contributed by atoms with Crippen LogP contribution in [0.4, 0.5) is 0 Å². The van der Waals surface area contributed by atoms with Gasteiger partial charge in [-0.25, -0.2) is 0 Å². The Labute approximate surface area is 91.1 Å². The summed E-state index contributed by atoms with van der Waals surface area (Å²) in [5, 5.41) is 1.24. The Kier molecular flexibility index (Phi) is 2.86. The van der Waals surface area contributed by atoms with E-state index in [0.29, 0.717) is 0 Å². The first-order valence-electron chi connectivity index (χ1n) is 3.32. The van der Waals surface area contributed by atoms with Gasteiger partial charge in [0, 0.05) is 0 Å². The fourth-order valence-corrected chi connectivity index (χ4v) is 1.16. The number of hydrogen-bond donors (Lipinski definition) is 1. The third-order valence-electron chi connectivity index (χ3n) is 1.60. The first-order chi connectivity index (χ1) is 4.86. The van der Waals surface area contributed by atoms with Crippen molar-refractivity contribution in [2.24, 2.45) is 0 Å². The molecule has 50 valence electrons. The summed E-state index contributed by atoms with van der Waals surface area (Å²) in [5.41, 5.74) is 2.39. The van der Waals surface area contributed by atoms with Crippen LogP contribution < -0.4 is 0 Å². The number of aromatic amines is 1. The molecule has 0 amide bonds. The van der Waals surface area contributed by atoms with Crippen LogP contribution in [0.2, 0.25) is 0 Å². The molecule has 0 saturated heterocycles. The number of benzene rings is 1. The molecule has 0 radical (unpaired) electrons. The molecule has 0 unspecified atom stereocenters. The van der Waals surface area contributed by atoms with Crippen molar-refractivity contribution in [3.05, 3.63) is 36.0 Å². The summed E-state index contributed by atoms with van der Waals surface area (Å²) < 4.78 is 0. The quantitative estimate of drug-likeness (QED) is 0.654. The Hall–Kier alpha value is -0.136. The second-order valence-electron chi connectivity index (χ2n) is 2.47. The van der Waals surface area contributed by atoms with Crippen LogP contribution in [0.15, 0.2) is 24.3 Å². The molecule has 2 rings (SSSR count). The molecule has 0 atom stereocenters. The summed E-state index contributed by atoms with van der Waals surface area (Å²) in [4.78, 5) is 3.24. The number of aromatic nitrogens is 1. The van der Waals surface area contributed by atoms with Gasteiger partial charge in [-0.05, 0) is 12.6 Å². The molecule has 0 saturated carbocycles. The molecule has 0 aliphatic carbocycles. The van der Waals surface area contributed by atoms with Gasteiger partial charge in [-0.3, -0.25) is 0 Å². The predicted octanol–water partition coefficient (Wildman–Crippen LogP) is 2.27. The average Bonchev–Trinajstić information content (AvgIpc) is 2.27. The number of fused-ring (bicyclic) bond motifs is 1. The number of nitrogens with one attached hydrogen (secondary N) is 1. The summed E-state index contributed by atoms with van der Waals surface area (Å²) in [6, 6.07) is 11.1. The topological polar surface area (TPSA) is 15.8 Å². The molecule has 0 spiro atoms. The molecule has 0 bridgehead atoms. The van der Waals surface area contributed by atoms with E-state index >= 15 is 0 Å². The van der Waals surface area contributed by atoms with Crippen LogP contribution in [0.1, 0.15) is 5.69 Å². The SMILES string of the molecule is Cc1cc2c[c-]ccc2[nH]1.[Y+3]. The van der Waals surface area contributed by atoms with Crippen LogP contribution in [-0.2, 0) is 32.7 Å². The smallest absolute Gasteiger partial charge is 0.382 e. The molecule has 2 heteroatoms. The van der Waals surface area contributed by atoms with E-state index in [2.05, 4.69) is 24.0 Å². The molecule has 1 aromatic heterocycles. The summed E-state index contributed by atoms with van der Waals surface area (Å²) in [7, 11) is 0. The van der Waals surface area contributed by atoms with Crippen molar-refractivity contribution in [2.75, 3.05) is 0 Å². The first kappa shape index (κ1) is 8.96. The minimum absolute atomic E-state index is 0. The third-order valence-corrected chi connectivity index (χ3v) is 1.60. The van der Waals surface area contributed by atoms with Crippen molar-refractivity contribution < 1.29 is 32.7 Å². The van der Waals surface area contributed by atoms with E-state index in [1.165, 1.54) is 16.6 Å². The Morgan fingerprint density at radius 1 is 1.45 bits per heavy atom. The molecule has 0 aliphatic heterocycles. The maximum Gasteiger partial charge on any atom is 3.00 e. The Balaban J connectivity index is 0.000000605. The summed E-state index contributed by atoms with van der Waals surface area (Å²) in [6.45, 7) is 2.06. The van der Waals surface area contributed by atoms with Gasteiger partial charge in [0.15, 0.2) is 0 Å². The van der Waals surface area contributed by atoms with Crippen LogP contribution in [0.25, 0.3) is 10.9 Å². The number of hydrogen-bond acceptors (Lipinski definition) is 0. The standard InChI is InChI=1S/C9H8N.Y/c1-7-6-8-4-2-3-5-9(8)10-7;/h3-6,10H,1H3;/q-1;+3. The zero-order chi connectivity index (χ0) is 6.97.